The van der Waals surface area contributed by atoms with Gasteiger partial charge in [-0.15, -0.1) is 0 Å². The minimum absolute atomic E-state index is 0.258. The first-order chi connectivity index (χ1) is 26.2. The summed E-state index contributed by atoms with van der Waals surface area (Å²) < 4.78 is 11.0. The van der Waals surface area contributed by atoms with E-state index in [4.69, 9.17) is 9.47 Å². The van der Waals surface area contributed by atoms with Crippen LogP contribution in [0.3, 0.4) is 0 Å². The number of aliphatic hydroxyl groups is 7. The molecule has 1 saturated heterocycles. The van der Waals surface area contributed by atoms with Crippen molar-refractivity contribution in [3.05, 3.63) is 12.2 Å². The molecule has 1 fully saturated rings. The molecule has 1 heterocycles. The number of hydrogen-bond acceptors (Lipinski definition) is 10. The predicted molar refractivity (Wildman–Crippen MR) is 215 cm³/mol. The molecule has 0 aliphatic carbocycles. The number of aliphatic hydroxyl groups excluding tert-OH is 7. The van der Waals surface area contributed by atoms with Gasteiger partial charge in [0.25, 0.3) is 0 Å². The van der Waals surface area contributed by atoms with Gasteiger partial charge < -0.3 is 50.5 Å². The largest absolute Gasteiger partial charge is 0.394 e. The molecule has 54 heavy (non-hydrogen) atoms. The Morgan fingerprint density at radius 3 is 1.59 bits per heavy atom. The zero-order valence-electron chi connectivity index (χ0n) is 34.2. The molecule has 11 heteroatoms. The van der Waals surface area contributed by atoms with Gasteiger partial charge in [-0.2, -0.15) is 0 Å². The Morgan fingerprint density at radius 1 is 0.630 bits per heavy atom. The lowest BCUT2D eigenvalue weighted by Crippen LogP contribution is -2.60. The van der Waals surface area contributed by atoms with Gasteiger partial charge in [0.2, 0.25) is 5.91 Å². The van der Waals surface area contributed by atoms with Crippen LogP contribution in [0.2, 0.25) is 0 Å². The lowest BCUT2D eigenvalue weighted by molar-refractivity contribution is -0.303. The van der Waals surface area contributed by atoms with Gasteiger partial charge in [-0.1, -0.05) is 161 Å². The van der Waals surface area contributed by atoms with Crippen molar-refractivity contribution in [3.8, 4) is 0 Å². The highest BCUT2D eigenvalue weighted by Gasteiger charge is 2.44. The van der Waals surface area contributed by atoms with Crippen molar-refractivity contribution in [2.75, 3.05) is 13.2 Å². The Labute approximate surface area is 328 Å². The van der Waals surface area contributed by atoms with Crippen molar-refractivity contribution in [2.24, 2.45) is 0 Å². The van der Waals surface area contributed by atoms with Crippen LogP contribution >= 0.6 is 0 Å². The Bertz CT molecular complexity index is 892. The van der Waals surface area contributed by atoms with E-state index >= 15 is 0 Å². The summed E-state index contributed by atoms with van der Waals surface area (Å²) in [5.74, 6) is -0.707. The summed E-state index contributed by atoms with van der Waals surface area (Å²) in [4.78, 5) is 13.0. The summed E-state index contributed by atoms with van der Waals surface area (Å²) in [6, 6.07) is -1.18. The smallest absolute Gasteiger partial charge is 0.249 e. The fourth-order valence-corrected chi connectivity index (χ4v) is 7.09. The SMILES string of the molecule is CCCCC/C=C/CCCC(O)C(O)C(COC1OC(CO)C(O)C(O)C1O)NC(=O)C(O)CCCCCCCCCCCCCCCCCCCCC. The highest BCUT2D eigenvalue weighted by atomic mass is 16.7. The number of ether oxygens (including phenoxy) is 2. The van der Waals surface area contributed by atoms with E-state index in [1.807, 2.05) is 0 Å². The topological polar surface area (TPSA) is 189 Å². The normalized spacial score (nSPS) is 22.7. The lowest BCUT2D eigenvalue weighted by atomic mass is 9.98. The maximum Gasteiger partial charge on any atom is 0.249 e. The van der Waals surface area contributed by atoms with Crippen molar-refractivity contribution < 1.29 is 50.0 Å². The van der Waals surface area contributed by atoms with Gasteiger partial charge in [0.1, 0.15) is 36.6 Å². The maximum absolute atomic E-state index is 13.0. The molecule has 9 atom stereocenters. The third kappa shape index (κ3) is 23.8. The quantitative estimate of drug-likeness (QED) is 0.0258. The second-order valence-electron chi connectivity index (χ2n) is 15.8. The fraction of sp³-hybridized carbons (Fsp3) is 0.930. The molecular formula is C43H83NO10. The number of rotatable bonds is 36. The van der Waals surface area contributed by atoms with Gasteiger partial charge >= 0.3 is 0 Å². The molecule has 0 spiro atoms. The highest BCUT2D eigenvalue weighted by molar-refractivity contribution is 5.80. The van der Waals surface area contributed by atoms with Crippen molar-refractivity contribution >= 4 is 5.91 Å². The number of amides is 1. The van der Waals surface area contributed by atoms with Crippen LogP contribution in [0.5, 0.6) is 0 Å². The molecule has 0 saturated carbocycles. The first-order valence-electron chi connectivity index (χ1n) is 22.1. The van der Waals surface area contributed by atoms with Crippen LogP contribution in [-0.4, -0.2) is 110 Å². The molecule has 320 valence electrons. The number of unbranched alkanes of at least 4 members (excludes halogenated alkanes) is 22. The van der Waals surface area contributed by atoms with Crippen molar-refractivity contribution in [2.45, 2.75) is 242 Å². The number of carbonyl (C=O) groups is 1. The van der Waals surface area contributed by atoms with E-state index in [0.29, 0.717) is 12.8 Å². The Balaban J connectivity index is 2.40. The molecule has 0 aromatic rings. The summed E-state index contributed by atoms with van der Waals surface area (Å²) in [5, 5.41) is 75.2. The van der Waals surface area contributed by atoms with Crippen LogP contribution < -0.4 is 5.32 Å². The molecule has 0 radical (unpaired) electrons. The van der Waals surface area contributed by atoms with Crippen LogP contribution in [0.1, 0.15) is 187 Å². The molecule has 0 aromatic heterocycles. The van der Waals surface area contributed by atoms with Gasteiger partial charge in [-0.3, -0.25) is 4.79 Å². The molecule has 0 aromatic carbocycles. The summed E-state index contributed by atoms with van der Waals surface area (Å²) in [6.07, 6.45) is 22.9. The van der Waals surface area contributed by atoms with Gasteiger partial charge in [-0.05, 0) is 38.5 Å². The molecule has 1 amide bonds. The third-order valence-electron chi connectivity index (χ3n) is 10.8. The van der Waals surface area contributed by atoms with Crippen LogP contribution in [0.25, 0.3) is 0 Å². The Kier molecular flexibility index (Phi) is 32.0. The number of allylic oxidation sites excluding steroid dienone is 2. The Hall–Kier alpha value is -1.15. The molecule has 9 unspecified atom stereocenters. The summed E-state index contributed by atoms with van der Waals surface area (Å²) in [5.41, 5.74) is 0. The van der Waals surface area contributed by atoms with Crippen molar-refractivity contribution in [1.29, 1.82) is 0 Å². The van der Waals surface area contributed by atoms with E-state index in [0.717, 1.165) is 44.9 Å². The minimum atomic E-state index is -1.66. The monoisotopic (exact) mass is 774 g/mol. The molecule has 0 bridgehead atoms. The average Bonchev–Trinajstić information content (AvgIpc) is 3.17. The van der Waals surface area contributed by atoms with E-state index in [1.54, 1.807) is 0 Å². The minimum Gasteiger partial charge on any atom is -0.394 e. The first kappa shape index (κ1) is 50.9. The van der Waals surface area contributed by atoms with Crippen molar-refractivity contribution in [3.63, 3.8) is 0 Å². The molecule has 1 aliphatic heterocycles. The second-order valence-corrected chi connectivity index (χ2v) is 15.8. The number of hydrogen-bond donors (Lipinski definition) is 8. The molecule has 8 N–H and O–H groups in total. The molecular weight excluding hydrogens is 690 g/mol. The van der Waals surface area contributed by atoms with Crippen LogP contribution in [0.15, 0.2) is 12.2 Å². The Morgan fingerprint density at radius 2 is 1.09 bits per heavy atom. The zero-order chi connectivity index (χ0) is 39.8. The van der Waals surface area contributed by atoms with Gasteiger partial charge in [0, 0.05) is 0 Å². The van der Waals surface area contributed by atoms with Gasteiger partial charge in [0.05, 0.1) is 25.4 Å². The molecule has 1 aliphatic rings. The number of nitrogens with one attached hydrogen (secondary N) is 1. The van der Waals surface area contributed by atoms with E-state index in [2.05, 4.69) is 31.3 Å². The van der Waals surface area contributed by atoms with Gasteiger partial charge in [-0.25, -0.2) is 0 Å². The molecule has 11 nitrogen and oxygen atoms in total. The second kappa shape index (κ2) is 33.9. The average molecular weight is 774 g/mol. The number of carbonyl (C=O) groups excluding carboxylic acids is 1. The zero-order valence-corrected chi connectivity index (χ0v) is 34.2. The summed E-state index contributed by atoms with van der Waals surface area (Å²) in [6.45, 7) is 3.35. The van der Waals surface area contributed by atoms with Crippen LogP contribution in [-0.2, 0) is 14.3 Å². The van der Waals surface area contributed by atoms with Crippen LogP contribution in [0.4, 0.5) is 0 Å². The van der Waals surface area contributed by atoms with E-state index in [1.165, 1.54) is 103 Å². The van der Waals surface area contributed by atoms with Gasteiger partial charge in [0.15, 0.2) is 6.29 Å². The van der Waals surface area contributed by atoms with Crippen molar-refractivity contribution in [1.82, 2.24) is 5.32 Å². The van der Waals surface area contributed by atoms with E-state index in [9.17, 15) is 40.5 Å². The maximum atomic E-state index is 13.0. The summed E-state index contributed by atoms with van der Waals surface area (Å²) >= 11 is 0. The molecule has 1 rings (SSSR count). The first-order valence-corrected chi connectivity index (χ1v) is 22.1. The van der Waals surface area contributed by atoms with E-state index < -0.39 is 74.2 Å². The summed E-state index contributed by atoms with van der Waals surface area (Å²) in [7, 11) is 0. The fourth-order valence-electron chi connectivity index (χ4n) is 7.09. The third-order valence-corrected chi connectivity index (χ3v) is 10.8. The lowest BCUT2D eigenvalue weighted by Gasteiger charge is -2.40. The predicted octanol–water partition coefficient (Wildman–Crippen LogP) is 6.50. The highest BCUT2D eigenvalue weighted by Crippen LogP contribution is 2.23. The van der Waals surface area contributed by atoms with Crippen LogP contribution in [0, 0.1) is 0 Å². The standard InChI is InChI=1S/C43H83NO10/c1-3-5-7-9-11-13-14-15-16-17-18-19-20-21-22-23-25-27-29-31-36(47)42(52)44-34(33-53-43-41(51)40(50)39(49)37(32-45)54-43)38(48)35(46)30-28-26-24-12-10-8-6-4-2/h12,24,34-41,43,45-51H,3-11,13-23,25-33H2,1-2H3,(H,44,52)/b24-12+. The van der Waals surface area contributed by atoms with E-state index in [-0.39, 0.29) is 12.8 Å².